The monoisotopic (exact) mass is 951 g/mol. The third kappa shape index (κ3) is 24.3. The minimum Gasteiger partial charge on any atom is -0.480 e. The molecule has 2 aromatic rings. The van der Waals surface area contributed by atoms with Crippen LogP contribution < -0.4 is 5.32 Å². The van der Waals surface area contributed by atoms with Crippen LogP contribution in [0.3, 0.4) is 0 Å². The van der Waals surface area contributed by atoms with E-state index in [2.05, 4.69) is 29.4 Å². The van der Waals surface area contributed by atoms with Crippen molar-refractivity contribution < 1.29 is 74.4 Å². The van der Waals surface area contributed by atoms with Crippen molar-refractivity contribution in [1.82, 2.24) is 19.7 Å². The molecule has 12 nitrogen and oxygen atoms in total. The maximum atomic E-state index is 12.7. The van der Waals surface area contributed by atoms with E-state index in [-0.39, 0.29) is 100.0 Å². The molecule has 0 aliphatic carbocycles. The van der Waals surface area contributed by atoms with Gasteiger partial charge in [-0.2, -0.15) is 0 Å². The number of rotatable bonds is 25. The fraction of sp³-hybridized carbons (Fsp3) is 0.578. The first-order valence-corrected chi connectivity index (χ1v) is 20.5. The molecule has 0 fully saturated rings. The molecule has 2 bridgehead atoms. The smallest absolute Gasteiger partial charge is 0.480 e. The molecule has 0 spiro atoms. The summed E-state index contributed by atoms with van der Waals surface area (Å²) in [6, 6.07) is 12.1. The number of unbranched alkanes of at least 4 members (excludes halogenated alkanes) is 11. The quantitative estimate of drug-likeness (QED) is 0.0432. The third-order valence-electron chi connectivity index (χ3n) is 10.1. The number of amides is 1. The van der Waals surface area contributed by atoms with Crippen molar-refractivity contribution in [3.05, 3.63) is 86.4 Å². The van der Waals surface area contributed by atoms with Crippen LogP contribution in [0.1, 0.15) is 120 Å². The number of pyridine rings is 1. The number of nitrogens with zero attached hydrogens (tertiary/aromatic N) is 4. The second-order valence-electron chi connectivity index (χ2n) is 14.8. The molecule has 1 aromatic carbocycles. The molecule has 1 atom stereocenters. The van der Waals surface area contributed by atoms with Gasteiger partial charge in [0.1, 0.15) is 6.04 Å². The molecule has 1 amide bonds. The fourth-order valence-electron chi connectivity index (χ4n) is 7.04. The molecule has 325 valence electrons. The van der Waals surface area contributed by atoms with E-state index in [9.17, 15) is 34.5 Å². The van der Waals surface area contributed by atoms with Gasteiger partial charge in [-0.3, -0.25) is 38.9 Å². The van der Waals surface area contributed by atoms with Gasteiger partial charge in [0.2, 0.25) is 5.91 Å². The van der Waals surface area contributed by atoms with Crippen LogP contribution >= 0.6 is 0 Å². The SMILES string of the molecule is CCCCCCCC/C=C\CCCCCCCC(=O)Nc1ccc(CCC(C(=O)O)N2CCN(CC(=O)O)Cc3cccc(n3)CN(CC(=O)O)CC2)cc1.[CH3-].[CH3-].[Gd+3]. The first-order chi connectivity index (χ1) is 26.6. The van der Waals surface area contributed by atoms with Crippen molar-refractivity contribution in [2.45, 2.75) is 129 Å². The third-order valence-corrected chi connectivity index (χ3v) is 10.1. The predicted molar refractivity (Wildman–Crippen MR) is 229 cm³/mol. The minimum absolute atomic E-state index is 0. The van der Waals surface area contributed by atoms with E-state index in [0.29, 0.717) is 49.4 Å². The van der Waals surface area contributed by atoms with Gasteiger partial charge in [0.15, 0.2) is 0 Å². The number of anilines is 1. The summed E-state index contributed by atoms with van der Waals surface area (Å²) in [4.78, 5) is 58.5. The van der Waals surface area contributed by atoms with Gasteiger partial charge in [-0.05, 0) is 74.8 Å². The molecule has 58 heavy (non-hydrogen) atoms. The molecule has 1 aliphatic heterocycles. The maximum absolute atomic E-state index is 12.7. The number of hydrogen-bond donors (Lipinski definition) is 4. The Morgan fingerprint density at radius 3 is 1.71 bits per heavy atom. The topological polar surface area (TPSA) is 164 Å². The number of aryl methyl sites for hydroxylation is 1. The van der Waals surface area contributed by atoms with Gasteiger partial charge in [-0.1, -0.05) is 88.6 Å². The Bertz CT molecular complexity index is 1430. The Balaban J connectivity index is 0.0000108. The van der Waals surface area contributed by atoms with Crippen LogP contribution in [-0.4, -0.2) is 104 Å². The number of carbonyl (C=O) groups is 4. The number of carboxylic acids is 3. The Hall–Kier alpha value is -2.81. The molecule has 1 aromatic heterocycles. The number of carboxylic acid groups (broad SMARTS) is 3. The van der Waals surface area contributed by atoms with Gasteiger partial charge in [0.05, 0.1) is 24.5 Å². The summed E-state index contributed by atoms with van der Waals surface area (Å²) in [7, 11) is 0. The van der Waals surface area contributed by atoms with E-state index in [0.717, 1.165) is 31.2 Å². The summed E-state index contributed by atoms with van der Waals surface area (Å²) in [5.74, 6) is -2.98. The van der Waals surface area contributed by atoms with E-state index >= 15 is 0 Å². The molecule has 3 rings (SSSR count). The predicted octanol–water partition coefficient (Wildman–Crippen LogP) is 8.13. The van der Waals surface area contributed by atoms with Crippen molar-refractivity contribution >= 4 is 29.5 Å². The van der Waals surface area contributed by atoms with Crippen molar-refractivity contribution in [2.75, 3.05) is 44.6 Å². The molecule has 13 heteroatoms. The largest absolute Gasteiger partial charge is 3.00 e. The van der Waals surface area contributed by atoms with E-state index in [1.807, 2.05) is 35.2 Å². The summed E-state index contributed by atoms with van der Waals surface area (Å²) >= 11 is 0. The number of carbonyl (C=O) groups excluding carboxylic acids is 1. The van der Waals surface area contributed by atoms with Crippen molar-refractivity contribution in [1.29, 1.82) is 0 Å². The van der Waals surface area contributed by atoms with Crippen LogP contribution in [-0.2, 0) is 38.7 Å². The van der Waals surface area contributed by atoms with Gasteiger partial charge in [0, 0.05) is 51.4 Å². The summed E-state index contributed by atoms with van der Waals surface area (Å²) in [6.45, 7) is 3.51. The van der Waals surface area contributed by atoms with E-state index in [1.54, 1.807) is 21.9 Å². The second-order valence-corrected chi connectivity index (χ2v) is 14.8. The number of aromatic nitrogens is 1. The Morgan fingerprint density at radius 2 is 1.21 bits per heavy atom. The first-order valence-electron chi connectivity index (χ1n) is 20.5. The number of fused-ring (bicyclic) bond motifs is 2. The zero-order valence-electron chi connectivity index (χ0n) is 35.4. The Labute approximate surface area is 380 Å². The molecular weight excluding hydrogens is 880 g/mol. The maximum Gasteiger partial charge on any atom is 3.00 e. The summed E-state index contributed by atoms with van der Waals surface area (Å²) in [6.07, 6.45) is 21.7. The zero-order valence-corrected chi connectivity index (χ0v) is 37.6. The Kier molecular flexibility index (Phi) is 31.4. The molecule has 1 aliphatic rings. The number of benzene rings is 1. The summed E-state index contributed by atoms with van der Waals surface area (Å²) in [5.41, 5.74) is 2.97. The van der Waals surface area contributed by atoms with Crippen LogP contribution in [0.5, 0.6) is 0 Å². The first kappa shape index (κ1) is 55.2. The molecule has 1 radical (unpaired) electrons. The van der Waals surface area contributed by atoms with Crippen LogP contribution in [0.4, 0.5) is 5.69 Å². The van der Waals surface area contributed by atoms with Crippen molar-refractivity contribution in [2.24, 2.45) is 0 Å². The average Bonchev–Trinajstić information content (AvgIpc) is 3.13. The summed E-state index contributed by atoms with van der Waals surface area (Å²) in [5, 5.41) is 32.4. The number of aliphatic carboxylic acids is 3. The average molecular weight is 951 g/mol. The number of allylic oxidation sites excluding steroid dienone is 2. The van der Waals surface area contributed by atoms with Gasteiger partial charge in [0.25, 0.3) is 0 Å². The molecule has 2 heterocycles. The van der Waals surface area contributed by atoms with Crippen LogP contribution in [0, 0.1) is 54.8 Å². The van der Waals surface area contributed by atoms with E-state index < -0.39 is 23.9 Å². The second kappa shape index (κ2) is 33.0. The van der Waals surface area contributed by atoms with Gasteiger partial charge < -0.3 is 35.5 Å². The van der Waals surface area contributed by atoms with Gasteiger partial charge in [-0.25, -0.2) is 0 Å². The molecule has 0 saturated heterocycles. The Morgan fingerprint density at radius 1 is 0.707 bits per heavy atom. The van der Waals surface area contributed by atoms with E-state index in [4.69, 9.17) is 0 Å². The van der Waals surface area contributed by atoms with E-state index in [1.165, 1.54) is 57.8 Å². The van der Waals surface area contributed by atoms with Crippen molar-refractivity contribution in [3.8, 4) is 0 Å². The van der Waals surface area contributed by atoms with Gasteiger partial charge in [-0.15, -0.1) is 0 Å². The molecular formula is C45H71GdN5O7+. The number of hydrogen-bond acceptors (Lipinski definition) is 8. The number of nitrogens with one attached hydrogen (secondary N) is 1. The molecule has 1 unspecified atom stereocenters. The standard InChI is InChI=1S/C43H65N5O7.2CH3.Gd/c1-2-3-4-5-6-7-8-9-10-11-12-13-14-15-16-20-40(49)45-36-24-21-35(22-25-36)23-26-39(43(54)55)48-29-27-46(33-41(50)51)31-37-18-17-19-38(44-37)32-47(28-30-48)34-42(52)53;;;/h9-10,17-19,21-22,24-25,39H,2-8,11-16,20,23,26-34H2,1H3,(H,45,49)(H,50,51)(H,52,53)(H,54,55);2*1H3;/q;2*-1;+3/b10-9-;;;. The molecule has 0 saturated carbocycles. The van der Waals surface area contributed by atoms with Crippen LogP contribution in [0.25, 0.3) is 0 Å². The zero-order chi connectivity index (χ0) is 39.7. The molecule has 4 N–H and O–H groups in total. The summed E-state index contributed by atoms with van der Waals surface area (Å²) < 4.78 is 0. The van der Waals surface area contributed by atoms with Crippen LogP contribution in [0.2, 0.25) is 0 Å². The van der Waals surface area contributed by atoms with Gasteiger partial charge >= 0.3 is 57.8 Å². The minimum atomic E-state index is -0.993. The fourth-order valence-corrected chi connectivity index (χ4v) is 7.04. The normalized spacial score (nSPS) is 14.5. The van der Waals surface area contributed by atoms with Crippen molar-refractivity contribution in [3.63, 3.8) is 0 Å². The van der Waals surface area contributed by atoms with Crippen LogP contribution in [0.15, 0.2) is 54.6 Å².